The number of aromatic nitrogens is 1. The van der Waals surface area contributed by atoms with Gasteiger partial charge in [-0.05, 0) is 73.9 Å². The topological polar surface area (TPSA) is 147 Å². The summed E-state index contributed by atoms with van der Waals surface area (Å²) in [5.41, 5.74) is 3.36. The summed E-state index contributed by atoms with van der Waals surface area (Å²) in [5.74, 6) is 0.690. The number of aromatic amines is 1. The number of phenolic OH excluding ortho intramolecular Hbond substituents is 1. The fourth-order valence-electron chi connectivity index (χ4n) is 7.09. The van der Waals surface area contributed by atoms with Crippen LogP contribution in [0, 0.1) is 5.92 Å². The van der Waals surface area contributed by atoms with Crippen molar-refractivity contribution in [3.8, 4) is 16.9 Å². The van der Waals surface area contributed by atoms with Crippen LogP contribution in [0.3, 0.4) is 0 Å². The quantitative estimate of drug-likeness (QED) is 0.127. The maximum absolute atomic E-state index is 13.0. The zero-order chi connectivity index (χ0) is 34.9. The summed E-state index contributed by atoms with van der Waals surface area (Å²) in [6.45, 7) is 4.93. The second-order valence-corrected chi connectivity index (χ2v) is 13.4. The predicted molar refractivity (Wildman–Crippen MR) is 194 cm³/mol. The highest BCUT2D eigenvalue weighted by Crippen LogP contribution is 2.30. The summed E-state index contributed by atoms with van der Waals surface area (Å²) in [6, 6.07) is 23.8. The molecule has 3 heterocycles. The molecule has 1 atom stereocenters. The molecule has 0 unspecified atom stereocenters. The van der Waals surface area contributed by atoms with E-state index >= 15 is 0 Å². The summed E-state index contributed by atoms with van der Waals surface area (Å²) in [7, 11) is 0. The highest BCUT2D eigenvalue weighted by molar-refractivity contribution is 5.91. The van der Waals surface area contributed by atoms with Crippen molar-refractivity contribution in [2.75, 3.05) is 51.1 Å². The van der Waals surface area contributed by atoms with Crippen LogP contribution in [0.4, 0.5) is 10.5 Å². The first-order chi connectivity index (χ1) is 24.3. The van der Waals surface area contributed by atoms with E-state index in [2.05, 4.69) is 20.5 Å². The van der Waals surface area contributed by atoms with E-state index < -0.39 is 12.2 Å². The van der Waals surface area contributed by atoms with Crippen LogP contribution >= 0.6 is 0 Å². The number of hydrogen-bond donors (Lipinski definition) is 5. The highest BCUT2D eigenvalue weighted by Gasteiger charge is 2.26. The van der Waals surface area contributed by atoms with E-state index in [1.807, 2.05) is 59.5 Å². The predicted octanol–water partition coefficient (Wildman–Crippen LogP) is 5.26. The third kappa shape index (κ3) is 9.09. The van der Waals surface area contributed by atoms with Crippen LogP contribution in [0.15, 0.2) is 83.7 Å². The van der Waals surface area contributed by atoms with Crippen LogP contribution in [-0.2, 0) is 9.53 Å². The van der Waals surface area contributed by atoms with Crippen molar-refractivity contribution in [1.29, 1.82) is 0 Å². The number of nitrogens with zero attached hydrogens (tertiary/aromatic N) is 2. The minimum absolute atomic E-state index is 0.0261. The molecule has 11 heteroatoms. The van der Waals surface area contributed by atoms with Crippen molar-refractivity contribution >= 4 is 28.6 Å². The van der Waals surface area contributed by atoms with E-state index in [1.54, 1.807) is 12.1 Å². The Morgan fingerprint density at radius 2 is 1.64 bits per heavy atom. The van der Waals surface area contributed by atoms with Gasteiger partial charge in [-0.25, -0.2) is 4.79 Å². The number of aromatic hydroxyl groups is 1. The van der Waals surface area contributed by atoms with Gasteiger partial charge < -0.3 is 35.1 Å². The largest absolute Gasteiger partial charge is 0.506 e. The molecule has 1 aromatic heterocycles. The molecule has 5 N–H and O–H groups in total. The Morgan fingerprint density at radius 1 is 0.900 bits per heavy atom. The number of aliphatic hydroxyl groups is 1. The van der Waals surface area contributed by atoms with Gasteiger partial charge in [0.05, 0.1) is 17.3 Å². The number of amides is 2. The first-order valence-corrected chi connectivity index (χ1v) is 17.7. The fourth-order valence-corrected chi connectivity index (χ4v) is 7.09. The maximum Gasteiger partial charge on any atom is 0.411 e. The van der Waals surface area contributed by atoms with Gasteiger partial charge in [-0.2, -0.15) is 0 Å². The third-order valence-corrected chi connectivity index (χ3v) is 10.00. The third-order valence-electron chi connectivity index (χ3n) is 10.00. The molecule has 0 saturated carbocycles. The average Bonchev–Trinajstić information content (AvgIpc) is 3.14. The van der Waals surface area contributed by atoms with Gasteiger partial charge in [-0.3, -0.25) is 14.9 Å². The van der Waals surface area contributed by atoms with E-state index in [0.717, 1.165) is 81.6 Å². The summed E-state index contributed by atoms with van der Waals surface area (Å²) >= 11 is 0. The van der Waals surface area contributed by atoms with Crippen LogP contribution in [0.5, 0.6) is 5.75 Å². The number of para-hydroxylation sites is 1. The van der Waals surface area contributed by atoms with Crippen LogP contribution in [0.2, 0.25) is 0 Å². The van der Waals surface area contributed by atoms with Gasteiger partial charge in [0.1, 0.15) is 11.9 Å². The molecule has 6 rings (SSSR count). The van der Waals surface area contributed by atoms with E-state index in [0.29, 0.717) is 41.9 Å². The van der Waals surface area contributed by atoms with E-state index in [-0.39, 0.29) is 23.3 Å². The molecule has 4 aromatic rings. The number of benzene rings is 3. The number of nitrogens with one attached hydrogen (secondary N) is 3. The number of H-pyrrole nitrogens is 1. The Balaban J connectivity index is 0.846. The minimum Gasteiger partial charge on any atom is -0.506 e. The fraction of sp³-hybridized carbons (Fsp3) is 0.410. The summed E-state index contributed by atoms with van der Waals surface area (Å²) in [4.78, 5) is 44.3. The molecule has 2 aliphatic rings. The van der Waals surface area contributed by atoms with Gasteiger partial charge >= 0.3 is 6.09 Å². The van der Waals surface area contributed by atoms with Crippen molar-refractivity contribution in [3.63, 3.8) is 0 Å². The Labute approximate surface area is 292 Å². The van der Waals surface area contributed by atoms with Crippen LogP contribution in [0.25, 0.3) is 22.0 Å². The molecule has 264 valence electrons. The normalized spacial score (nSPS) is 16.7. The van der Waals surface area contributed by atoms with Gasteiger partial charge in [-0.15, -0.1) is 0 Å². The first kappa shape index (κ1) is 35.1. The lowest BCUT2D eigenvalue weighted by atomic mass is 9.93. The molecular formula is C39H47N5O6. The highest BCUT2D eigenvalue weighted by atomic mass is 16.6. The smallest absolute Gasteiger partial charge is 0.411 e. The number of anilines is 1. The Kier molecular flexibility index (Phi) is 11.8. The second-order valence-electron chi connectivity index (χ2n) is 13.4. The number of piperidine rings is 2. The van der Waals surface area contributed by atoms with Gasteiger partial charge in [0.15, 0.2) is 0 Å². The number of phenols is 1. The van der Waals surface area contributed by atoms with Gasteiger partial charge in [0.2, 0.25) is 11.5 Å². The molecule has 2 saturated heterocycles. The van der Waals surface area contributed by atoms with Crippen molar-refractivity contribution in [1.82, 2.24) is 20.1 Å². The molecule has 11 nitrogen and oxygen atoms in total. The van der Waals surface area contributed by atoms with Crippen molar-refractivity contribution in [2.45, 2.75) is 50.7 Å². The lowest BCUT2D eigenvalue weighted by molar-refractivity contribution is -0.133. The van der Waals surface area contributed by atoms with Gasteiger partial charge in [0, 0.05) is 62.7 Å². The lowest BCUT2D eigenvalue weighted by Crippen LogP contribution is -2.42. The average molecular weight is 682 g/mol. The maximum atomic E-state index is 13.0. The molecule has 2 amide bonds. The van der Waals surface area contributed by atoms with Crippen molar-refractivity contribution < 1.29 is 24.5 Å². The van der Waals surface area contributed by atoms with Gasteiger partial charge in [-0.1, -0.05) is 54.6 Å². The number of aliphatic hydroxyl groups excluding tert-OH is 1. The van der Waals surface area contributed by atoms with Gasteiger partial charge in [0.25, 0.3) is 0 Å². The van der Waals surface area contributed by atoms with E-state index in [4.69, 9.17) is 4.74 Å². The first-order valence-electron chi connectivity index (χ1n) is 17.7. The number of rotatable bonds is 12. The van der Waals surface area contributed by atoms with E-state index in [9.17, 15) is 24.6 Å². The van der Waals surface area contributed by atoms with Crippen LogP contribution in [0.1, 0.15) is 50.2 Å². The molecule has 0 aliphatic carbocycles. The second kappa shape index (κ2) is 16.8. The number of likely N-dealkylation sites (tertiary alicyclic amines) is 2. The molecule has 0 spiro atoms. The summed E-state index contributed by atoms with van der Waals surface area (Å²) in [6.07, 6.45) is 3.49. The van der Waals surface area contributed by atoms with E-state index in [1.165, 1.54) is 12.1 Å². The molecule has 2 fully saturated rings. The SMILES string of the molecule is O=C(Nc1ccccc1-c1ccccc1)OC1CCN(CCC(=O)N2CCC(CCNC[C@@H](O)c3ccc(O)c4[nH]c(=O)ccc34)CC2)CC1. The summed E-state index contributed by atoms with van der Waals surface area (Å²) in [5, 5.41) is 27.8. The number of carbonyl (C=O) groups is 2. The number of fused-ring (bicyclic) bond motifs is 1. The van der Waals surface area contributed by atoms with Crippen LogP contribution in [-0.4, -0.2) is 88.9 Å². The number of pyridine rings is 1. The monoisotopic (exact) mass is 681 g/mol. The molecular weight excluding hydrogens is 634 g/mol. The van der Waals surface area contributed by atoms with Crippen molar-refractivity contribution in [2.24, 2.45) is 5.92 Å². The molecule has 3 aromatic carbocycles. The Morgan fingerprint density at radius 3 is 2.42 bits per heavy atom. The molecule has 50 heavy (non-hydrogen) atoms. The standard InChI is InChI=1S/C39H47N5O6/c45-34-12-10-31(32-11-13-36(47)42-38(32)34)35(46)26-40-20-14-27-15-24-44(25-16-27)37(48)19-23-43-21-17-29(18-22-43)50-39(49)41-33-9-5-4-8-30(33)28-6-2-1-3-7-28/h1-13,27,29,35,40,45-46H,14-26H2,(H,41,49)(H,42,47)/t35-/m1/s1. The minimum atomic E-state index is -0.783. The lowest BCUT2D eigenvalue weighted by Gasteiger charge is -2.34. The molecule has 0 radical (unpaired) electrons. The molecule has 2 aliphatic heterocycles. The molecule has 0 bridgehead atoms. The Bertz CT molecular complexity index is 1800. The number of ether oxygens (including phenoxy) is 1. The zero-order valence-corrected chi connectivity index (χ0v) is 28.4. The number of hydrogen-bond acceptors (Lipinski definition) is 8. The Hall–Kier alpha value is -4.71. The number of carbonyl (C=O) groups excluding carboxylic acids is 2. The van der Waals surface area contributed by atoms with Crippen LogP contribution < -0.4 is 16.2 Å². The summed E-state index contributed by atoms with van der Waals surface area (Å²) < 4.78 is 5.77. The zero-order valence-electron chi connectivity index (χ0n) is 28.4. The van der Waals surface area contributed by atoms with Crippen molar-refractivity contribution in [3.05, 3.63) is 94.8 Å².